The lowest BCUT2D eigenvalue weighted by molar-refractivity contribution is 0.100. The zero-order valence-corrected chi connectivity index (χ0v) is 13.1. The Bertz CT molecular complexity index is 611. The molecule has 0 spiro atoms. The molecule has 23 heavy (non-hydrogen) atoms. The second kappa shape index (κ2) is 8.89. The minimum Gasteiger partial charge on any atom is -0.366 e. The van der Waals surface area contributed by atoms with E-state index in [1.807, 2.05) is 0 Å². The van der Waals surface area contributed by atoms with Gasteiger partial charge in [0.15, 0.2) is 5.82 Å². The van der Waals surface area contributed by atoms with Gasteiger partial charge in [-0.25, -0.2) is 0 Å². The molecule has 1 heterocycles. The molecule has 4 N–H and O–H groups in total. The van der Waals surface area contributed by atoms with Gasteiger partial charge in [0, 0.05) is 17.5 Å². The highest BCUT2D eigenvalue weighted by Crippen LogP contribution is 2.14. The first-order valence-corrected chi connectivity index (χ1v) is 7.87. The summed E-state index contributed by atoms with van der Waals surface area (Å²) >= 11 is 0. The van der Waals surface area contributed by atoms with Crippen molar-refractivity contribution in [2.24, 2.45) is 11.5 Å². The summed E-state index contributed by atoms with van der Waals surface area (Å²) in [4.78, 5) is 11.0. The molecule has 1 amide bonds. The molecule has 7 nitrogen and oxygen atoms in total. The van der Waals surface area contributed by atoms with Crippen LogP contribution in [0.25, 0.3) is 11.4 Å². The van der Waals surface area contributed by atoms with Crippen LogP contribution in [0.3, 0.4) is 0 Å². The lowest BCUT2D eigenvalue weighted by atomic mass is 10.1. The van der Waals surface area contributed by atoms with Gasteiger partial charge in [-0.15, -0.1) is 20.4 Å². The number of amides is 1. The second-order valence-corrected chi connectivity index (χ2v) is 5.39. The summed E-state index contributed by atoms with van der Waals surface area (Å²) in [7, 11) is 0. The largest absolute Gasteiger partial charge is 0.366 e. The molecule has 0 fully saturated rings. The Morgan fingerprint density at radius 2 is 1.48 bits per heavy atom. The van der Waals surface area contributed by atoms with Gasteiger partial charge in [0.05, 0.1) is 0 Å². The van der Waals surface area contributed by atoms with Gasteiger partial charge in [-0.2, -0.15) is 0 Å². The molecule has 122 valence electrons. The molecule has 2 rings (SSSR count). The van der Waals surface area contributed by atoms with E-state index in [0.29, 0.717) is 17.2 Å². The van der Waals surface area contributed by atoms with Crippen molar-refractivity contribution in [3.63, 3.8) is 0 Å². The maximum atomic E-state index is 11.0. The highest BCUT2D eigenvalue weighted by atomic mass is 16.1. The van der Waals surface area contributed by atoms with Gasteiger partial charge < -0.3 is 11.5 Å². The van der Waals surface area contributed by atoms with Crippen molar-refractivity contribution >= 4 is 5.91 Å². The van der Waals surface area contributed by atoms with Crippen LogP contribution >= 0.6 is 0 Å². The molecule has 0 aliphatic heterocycles. The molecule has 0 aliphatic rings. The fourth-order valence-corrected chi connectivity index (χ4v) is 2.21. The normalized spacial score (nSPS) is 10.7. The third-order valence-electron chi connectivity index (χ3n) is 3.55. The first-order chi connectivity index (χ1) is 11.2. The highest BCUT2D eigenvalue weighted by molar-refractivity contribution is 5.93. The molecular formula is C16H22N6O. The summed E-state index contributed by atoms with van der Waals surface area (Å²) in [6, 6.07) is 6.73. The molecule has 0 bridgehead atoms. The van der Waals surface area contributed by atoms with E-state index in [2.05, 4.69) is 20.4 Å². The van der Waals surface area contributed by atoms with Gasteiger partial charge in [0.25, 0.3) is 0 Å². The average Bonchev–Trinajstić information content (AvgIpc) is 2.58. The molecule has 1 aromatic heterocycles. The van der Waals surface area contributed by atoms with Gasteiger partial charge in [-0.05, 0) is 31.5 Å². The van der Waals surface area contributed by atoms with Crippen LogP contribution in [0.5, 0.6) is 0 Å². The van der Waals surface area contributed by atoms with Crippen LogP contribution in [0.2, 0.25) is 0 Å². The van der Waals surface area contributed by atoms with E-state index in [4.69, 9.17) is 11.5 Å². The number of primary amides is 1. The molecule has 0 atom stereocenters. The fourth-order valence-electron chi connectivity index (χ4n) is 2.21. The van der Waals surface area contributed by atoms with Crippen LogP contribution in [0.4, 0.5) is 0 Å². The molecule has 1 aromatic carbocycles. The van der Waals surface area contributed by atoms with E-state index in [1.165, 1.54) is 12.8 Å². The predicted octanol–water partition coefficient (Wildman–Crippen LogP) is 1.48. The number of carbonyl (C=O) groups is 1. The minimum atomic E-state index is -0.462. The zero-order valence-electron chi connectivity index (χ0n) is 13.1. The third-order valence-corrected chi connectivity index (χ3v) is 3.55. The van der Waals surface area contributed by atoms with Crippen LogP contribution in [-0.4, -0.2) is 32.8 Å². The number of nitrogens with zero attached hydrogens (tertiary/aromatic N) is 4. The number of hydrogen-bond donors (Lipinski definition) is 2. The Morgan fingerprint density at radius 1 is 0.870 bits per heavy atom. The summed E-state index contributed by atoms with van der Waals surface area (Å²) in [6.45, 7) is 0.763. The molecule has 0 saturated carbocycles. The van der Waals surface area contributed by atoms with E-state index in [9.17, 15) is 4.79 Å². The standard InChI is InChI=1S/C16H22N6O/c17-11-5-3-1-2-4-6-14-19-21-16(22-20-14)13-9-7-12(8-10-13)15(18)23/h7-10H,1-6,11,17H2,(H2,18,23). The Kier molecular flexibility index (Phi) is 6.56. The Morgan fingerprint density at radius 3 is 2.09 bits per heavy atom. The van der Waals surface area contributed by atoms with Crippen molar-refractivity contribution in [3.05, 3.63) is 35.7 Å². The van der Waals surface area contributed by atoms with Crippen molar-refractivity contribution in [2.75, 3.05) is 6.54 Å². The number of hydrogen-bond acceptors (Lipinski definition) is 6. The number of aromatic nitrogens is 4. The van der Waals surface area contributed by atoms with E-state index in [-0.39, 0.29) is 0 Å². The molecule has 0 unspecified atom stereocenters. The van der Waals surface area contributed by atoms with Crippen LogP contribution in [-0.2, 0) is 6.42 Å². The smallest absolute Gasteiger partial charge is 0.248 e. The summed E-state index contributed by atoms with van der Waals surface area (Å²) < 4.78 is 0. The summed E-state index contributed by atoms with van der Waals surface area (Å²) in [5.74, 6) is 0.629. The van der Waals surface area contributed by atoms with Gasteiger partial charge in [0.1, 0.15) is 0 Å². The second-order valence-electron chi connectivity index (χ2n) is 5.39. The van der Waals surface area contributed by atoms with Gasteiger partial charge in [-0.1, -0.05) is 31.4 Å². The number of unbranched alkanes of at least 4 members (excludes halogenated alkanes) is 4. The molecular weight excluding hydrogens is 292 g/mol. The molecule has 0 aliphatic carbocycles. The van der Waals surface area contributed by atoms with Crippen LogP contribution in [0.15, 0.2) is 24.3 Å². The van der Waals surface area contributed by atoms with Gasteiger partial charge >= 0.3 is 0 Å². The van der Waals surface area contributed by atoms with E-state index >= 15 is 0 Å². The van der Waals surface area contributed by atoms with Gasteiger partial charge in [0.2, 0.25) is 11.7 Å². The fraction of sp³-hybridized carbons (Fsp3) is 0.438. The van der Waals surface area contributed by atoms with Crippen molar-refractivity contribution in [1.29, 1.82) is 0 Å². The van der Waals surface area contributed by atoms with Crippen LogP contribution in [0, 0.1) is 0 Å². The van der Waals surface area contributed by atoms with Crippen molar-refractivity contribution in [1.82, 2.24) is 20.4 Å². The first kappa shape index (κ1) is 17.0. The molecule has 7 heteroatoms. The van der Waals surface area contributed by atoms with E-state index in [0.717, 1.165) is 37.8 Å². The third kappa shape index (κ3) is 5.37. The maximum absolute atomic E-state index is 11.0. The highest BCUT2D eigenvalue weighted by Gasteiger charge is 2.06. The Balaban J connectivity index is 1.85. The lowest BCUT2D eigenvalue weighted by Gasteiger charge is -2.02. The van der Waals surface area contributed by atoms with Gasteiger partial charge in [-0.3, -0.25) is 4.79 Å². The number of carbonyl (C=O) groups excluding carboxylic acids is 1. The average molecular weight is 314 g/mol. The summed E-state index contributed by atoms with van der Waals surface area (Å²) in [5.41, 5.74) is 11.9. The predicted molar refractivity (Wildman–Crippen MR) is 87.4 cm³/mol. The zero-order chi connectivity index (χ0) is 16.5. The van der Waals surface area contributed by atoms with Crippen LogP contribution < -0.4 is 11.5 Å². The maximum Gasteiger partial charge on any atom is 0.248 e. The summed E-state index contributed by atoms with van der Waals surface area (Å²) in [6.07, 6.45) is 6.39. The van der Waals surface area contributed by atoms with E-state index < -0.39 is 5.91 Å². The number of nitrogens with two attached hydrogens (primary N) is 2. The number of aryl methyl sites for hydroxylation is 1. The Hall–Kier alpha value is -2.41. The van der Waals surface area contributed by atoms with E-state index in [1.54, 1.807) is 24.3 Å². The monoisotopic (exact) mass is 314 g/mol. The Labute approximate surface area is 135 Å². The molecule has 2 aromatic rings. The topological polar surface area (TPSA) is 121 Å². The number of rotatable bonds is 9. The molecule has 0 saturated heterocycles. The minimum absolute atomic E-state index is 0.438. The SMILES string of the molecule is NCCCCCCCc1nnc(-c2ccc(C(N)=O)cc2)nn1. The summed E-state index contributed by atoms with van der Waals surface area (Å²) in [5, 5.41) is 16.4. The van der Waals surface area contributed by atoms with Crippen molar-refractivity contribution in [2.45, 2.75) is 38.5 Å². The van der Waals surface area contributed by atoms with Crippen molar-refractivity contribution in [3.8, 4) is 11.4 Å². The first-order valence-electron chi connectivity index (χ1n) is 7.87. The van der Waals surface area contributed by atoms with Crippen LogP contribution in [0.1, 0.15) is 48.3 Å². The lowest BCUT2D eigenvalue weighted by Crippen LogP contribution is -2.10. The van der Waals surface area contributed by atoms with Crippen molar-refractivity contribution < 1.29 is 4.79 Å². The number of benzene rings is 1. The quantitative estimate of drug-likeness (QED) is 0.676. The molecule has 0 radical (unpaired) electrons.